The van der Waals surface area contributed by atoms with Crippen LogP contribution in [0.3, 0.4) is 0 Å². The van der Waals surface area contributed by atoms with Gasteiger partial charge in [-0.3, -0.25) is 15.0 Å². The Morgan fingerprint density at radius 1 is 0.615 bits per heavy atom. The molecule has 0 aromatic rings. The average molecular weight is 574 g/mol. The van der Waals surface area contributed by atoms with Crippen molar-refractivity contribution in [2.24, 2.45) is 5.73 Å². The quantitative estimate of drug-likeness (QED) is 0.0378. The molecule has 0 spiro atoms. The summed E-state index contributed by atoms with van der Waals surface area (Å²) >= 11 is 0. The summed E-state index contributed by atoms with van der Waals surface area (Å²) in [5.41, 5.74) is 5.32. The Morgan fingerprint density at radius 3 is 1.51 bits per heavy atom. The van der Waals surface area contributed by atoms with Gasteiger partial charge >= 0.3 is 0 Å². The van der Waals surface area contributed by atoms with Crippen molar-refractivity contribution in [1.29, 1.82) is 5.41 Å². The first-order valence-corrected chi connectivity index (χ1v) is 16.2. The van der Waals surface area contributed by atoms with Gasteiger partial charge in [-0.1, -0.05) is 123 Å². The zero-order valence-electron chi connectivity index (χ0n) is 25.6. The van der Waals surface area contributed by atoms with Crippen molar-refractivity contribution in [3.05, 3.63) is 0 Å². The minimum Gasteiger partial charge on any atom is -0.370 e. The van der Waals surface area contributed by atoms with Crippen molar-refractivity contribution >= 4 is 30.2 Å². The fourth-order valence-electron chi connectivity index (χ4n) is 4.78. The molecular formula is C31H64ClN5O2. The zero-order valence-corrected chi connectivity index (χ0v) is 26.4. The van der Waals surface area contributed by atoms with E-state index in [0.717, 1.165) is 38.5 Å². The van der Waals surface area contributed by atoms with E-state index in [-0.39, 0.29) is 30.2 Å². The van der Waals surface area contributed by atoms with E-state index in [1.165, 1.54) is 96.3 Å². The first-order valence-electron chi connectivity index (χ1n) is 16.2. The molecule has 2 amide bonds. The molecular weight excluding hydrogens is 510 g/mol. The highest BCUT2D eigenvalue weighted by Gasteiger charge is 2.19. The van der Waals surface area contributed by atoms with Gasteiger partial charge in [-0.05, 0) is 32.1 Å². The average Bonchev–Trinajstić information content (AvgIpc) is 2.89. The summed E-state index contributed by atoms with van der Waals surface area (Å²) in [6, 6.07) is -0.484. The number of carbonyl (C=O) groups is 2. The monoisotopic (exact) mass is 573 g/mol. The molecule has 0 heterocycles. The molecule has 0 saturated heterocycles. The van der Waals surface area contributed by atoms with Gasteiger partial charge in [-0.2, -0.15) is 0 Å². The van der Waals surface area contributed by atoms with Crippen LogP contribution in [0.15, 0.2) is 0 Å². The standard InChI is InChI=1S/C31H63N5O2.ClH/c1-3-5-7-9-10-11-12-13-14-15-16-17-18-19-20-25-29(37)36-28(24-21-23-27-35-31(32)33)30(38)34-26-22-8-6-4-2;/h28H,3-27H2,1-2H3,(H,34,38)(H,36,37)(H4,32,33,35);1H/t28-;/m0./s1. The topological polar surface area (TPSA) is 120 Å². The van der Waals surface area contributed by atoms with E-state index in [9.17, 15) is 9.59 Å². The smallest absolute Gasteiger partial charge is 0.242 e. The molecule has 0 aliphatic heterocycles. The van der Waals surface area contributed by atoms with E-state index in [1.807, 2.05) is 0 Å². The number of carbonyl (C=O) groups excluding carboxylic acids is 2. The van der Waals surface area contributed by atoms with E-state index in [0.29, 0.717) is 25.9 Å². The summed E-state index contributed by atoms with van der Waals surface area (Å²) in [5.74, 6) is -0.137. The number of halogens is 1. The number of unbranched alkanes of at least 4 members (excludes halogenated alkanes) is 18. The molecule has 0 saturated carbocycles. The van der Waals surface area contributed by atoms with Gasteiger partial charge in [0.2, 0.25) is 11.8 Å². The Hall–Kier alpha value is -1.50. The van der Waals surface area contributed by atoms with E-state index in [1.54, 1.807) is 0 Å². The second-order valence-electron chi connectivity index (χ2n) is 11.0. The number of nitrogens with one attached hydrogen (secondary N) is 4. The van der Waals surface area contributed by atoms with E-state index in [4.69, 9.17) is 11.1 Å². The van der Waals surface area contributed by atoms with Gasteiger partial charge in [-0.25, -0.2) is 0 Å². The summed E-state index contributed by atoms with van der Waals surface area (Å²) in [6.45, 7) is 5.71. The third-order valence-electron chi connectivity index (χ3n) is 7.22. The van der Waals surface area contributed by atoms with Crippen LogP contribution in [0, 0.1) is 5.41 Å². The third-order valence-corrected chi connectivity index (χ3v) is 7.22. The fourth-order valence-corrected chi connectivity index (χ4v) is 4.78. The molecule has 0 aromatic carbocycles. The number of rotatable bonds is 28. The van der Waals surface area contributed by atoms with Gasteiger partial charge in [0, 0.05) is 19.5 Å². The lowest BCUT2D eigenvalue weighted by Crippen LogP contribution is -2.47. The molecule has 1 atom stereocenters. The van der Waals surface area contributed by atoms with Gasteiger partial charge < -0.3 is 21.7 Å². The molecule has 0 aliphatic rings. The van der Waals surface area contributed by atoms with Gasteiger partial charge in [0.25, 0.3) is 0 Å². The molecule has 0 radical (unpaired) electrons. The summed E-state index contributed by atoms with van der Waals surface area (Å²) in [4.78, 5) is 25.2. The molecule has 0 aliphatic carbocycles. The van der Waals surface area contributed by atoms with Crippen molar-refractivity contribution in [1.82, 2.24) is 16.0 Å². The maximum atomic E-state index is 12.7. The van der Waals surface area contributed by atoms with Crippen LogP contribution in [-0.4, -0.2) is 36.9 Å². The molecule has 0 bridgehead atoms. The minimum absolute atomic E-state index is 0. The number of hydrogen-bond donors (Lipinski definition) is 5. The molecule has 232 valence electrons. The van der Waals surface area contributed by atoms with Gasteiger partial charge in [0.05, 0.1) is 0 Å². The lowest BCUT2D eigenvalue weighted by Gasteiger charge is -2.19. The highest BCUT2D eigenvalue weighted by atomic mass is 35.5. The SMILES string of the molecule is CCCCCCCCCCCCCCCCCC(=O)N[C@@H](CCCCNC(=N)N)C(=O)NCCCCCC.Cl. The fraction of sp³-hybridized carbons (Fsp3) is 0.903. The molecule has 6 N–H and O–H groups in total. The first-order chi connectivity index (χ1) is 18.5. The van der Waals surface area contributed by atoms with E-state index < -0.39 is 6.04 Å². The van der Waals surface area contributed by atoms with Crippen LogP contribution in [0.1, 0.15) is 162 Å². The number of hydrogen-bond acceptors (Lipinski definition) is 3. The van der Waals surface area contributed by atoms with Crippen molar-refractivity contribution < 1.29 is 9.59 Å². The van der Waals surface area contributed by atoms with Crippen molar-refractivity contribution in [3.8, 4) is 0 Å². The maximum absolute atomic E-state index is 12.7. The summed E-state index contributed by atoms with van der Waals surface area (Å²) in [6.07, 6.45) is 26.7. The normalized spacial score (nSPS) is 11.4. The Bertz CT molecular complexity index is 577. The molecule has 0 aromatic heterocycles. The zero-order chi connectivity index (χ0) is 28.1. The predicted molar refractivity (Wildman–Crippen MR) is 170 cm³/mol. The molecule has 39 heavy (non-hydrogen) atoms. The molecule has 0 unspecified atom stereocenters. The second-order valence-corrected chi connectivity index (χ2v) is 11.0. The van der Waals surface area contributed by atoms with Crippen molar-refractivity contribution in [3.63, 3.8) is 0 Å². The van der Waals surface area contributed by atoms with E-state index >= 15 is 0 Å². The third kappa shape index (κ3) is 29.3. The van der Waals surface area contributed by atoms with Gasteiger partial charge in [0.15, 0.2) is 5.96 Å². The second kappa shape index (κ2) is 31.0. The number of guanidine groups is 1. The lowest BCUT2D eigenvalue weighted by atomic mass is 10.0. The largest absolute Gasteiger partial charge is 0.370 e. The van der Waals surface area contributed by atoms with Crippen LogP contribution in [0.5, 0.6) is 0 Å². The predicted octanol–water partition coefficient (Wildman–Crippen LogP) is 7.50. The van der Waals surface area contributed by atoms with Crippen LogP contribution >= 0.6 is 12.4 Å². The maximum Gasteiger partial charge on any atom is 0.242 e. The molecule has 8 heteroatoms. The number of nitrogens with two attached hydrogens (primary N) is 1. The van der Waals surface area contributed by atoms with Crippen LogP contribution in [0.25, 0.3) is 0 Å². The van der Waals surface area contributed by atoms with E-state index in [2.05, 4.69) is 29.8 Å². The Morgan fingerprint density at radius 2 is 1.03 bits per heavy atom. The first kappa shape index (κ1) is 39.6. The Balaban J connectivity index is 0. The van der Waals surface area contributed by atoms with Crippen LogP contribution < -0.4 is 21.7 Å². The molecule has 0 rings (SSSR count). The molecule has 0 fully saturated rings. The van der Waals surface area contributed by atoms with Crippen LogP contribution in [0.2, 0.25) is 0 Å². The van der Waals surface area contributed by atoms with Crippen LogP contribution in [-0.2, 0) is 9.59 Å². The lowest BCUT2D eigenvalue weighted by molar-refractivity contribution is -0.129. The number of amides is 2. The Labute approximate surface area is 247 Å². The highest BCUT2D eigenvalue weighted by molar-refractivity contribution is 5.87. The summed E-state index contributed by atoms with van der Waals surface area (Å²) in [7, 11) is 0. The van der Waals surface area contributed by atoms with Crippen LogP contribution in [0.4, 0.5) is 0 Å². The molecule has 7 nitrogen and oxygen atoms in total. The Kier molecular flexibility index (Phi) is 31.5. The van der Waals surface area contributed by atoms with Gasteiger partial charge in [0.1, 0.15) is 6.04 Å². The summed E-state index contributed by atoms with van der Waals surface area (Å²) in [5, 5.41) is 16.0. The minimum atomic E-state index is -0.484. The summed E-state index contributed by atoms with van der Waals surface area (Å²) < 4.78 is 0. The highest BCUT2D eigenvalue weighted by Crippen LogP contribution is 2.14. The van der Waals surface area contributed by atoms with Crippen molar-refractivity contribution in [2.75, 3.05) is 13.1 Å². The van der Waals surface area contributed by atoms with Gasteiger partial charge in [-0.15, -0.1) is 12.4 Å². The van der Waals surface area contributed by atoms with Crippen molar-refractivity contribution in [2.45, 2.75) is 168 Å².